The van der Waals surface area contributed by atoms with Gasteiger partial charge in [0.15, 0.2) is 0 Å². The Morgan fingerprint density at radius 2 is 1.96 bits per heavy atom. The molecule has 0 atom stereocenters. The highest BCUT2D eigenvalue weighted by Gasteiger charge is 2.12. The summed E-state index contributed by atoms with van der Waals surface area (Å²) in [5, 5.41) is 3.17. The number of aromatic nitrogens is 3. The van der Waals surface area contributed by atoms with Gasteiger partial charge in [0.25, 0.3) is 0 Å². The van der Waals surface area contributed by atoms with Gasteiger partial charge in [-0.05, 0) is 31.4 Å². The molecule has 0 aromatic carbocycles. The first kappa shape index (κ1) is 16.4. The second-order valence-corrected chi connectivity index (χ2v) is 5.53. The molecule has 24 heavy (non-hydrogen) atoms. The molecule has 1 fully saturated rings. The zero-order valence-electron chi connectivity index (χ0n) is 13.2. The number of hydrogen-bond acceptors (Lipinski definition) is 6. The van der Waals surface area contributed by atoms with Crippen LogP contribution in [0.4, 0.5) is 20.4 Å². The quantitative estimate of drug-likeness (QED) is 0.875. The number of nitrogens with one attached hydrogen (secondary N) is 1. The second kappa shape index (κ2) is 7.85. The monoisotopic (exact) mass is 335 g/mol. The van der Waals surface area contributed by atoms with Gasteiger partial charge in [-0.15, -0.1) is 0 Å². The number of piperidine rings is 1. The molecular formula is C16H19F2N5O. The number of hydrogen-bond donors (Lipinski definition) is 1. The first-order valence-corrected chi connectivity index (χ1v) is 7.91. The summed E-state index contributed by atoms with van der Waals surface area (Å²) in [6, 6.07) is 5.02. The Morgan fingerprint density at radius 3 is 2.67 bits per heavy atom. The fraction of sp³-hybridized carbons (Fsp3) is 0.438. The Morgan fingerprint density at radius 1 is 1.12 bits per heavy atom. The number of nitrogens with zero attached hydrogens (tertiary/aromatic N) is 4. The molecule has 0 saturated carbocycles. The van der Waals surface area contributed by atoms with E-state index in [0.717, 1.165) is 18.9 Å². The van der Waals surface area contributed by atoms with Crippen LogP contribution in [-0.4, -0.2) is 34.7 Å². The first-order valence-electron chi connectivity index (χ1n) is 7.91. The molecule has 1 saturated heterocycles. The highest BCUT2D eigenvalue weighted by atomic mass is 19.3. The molecule has 0 spiro atoms. The molecule has 0 radical (unpaired) electrons. The smallest absolute Gasteiger partial charge is 0.387 e. The number of pyridine rings is 1. The summed E-state index contributed by atoms with van der Waals surface area (Å²) < 4.78 is 28.5. The average molecular weight is 335 g/mol. The van der Waals surface area contributed by atoms with Crippen LogP contribution in [0.25, 0.3) is 0 Å². The number of rotatable bonds is 6. The number of halogens is 2. The van der Waals surface area contributed by atoms with Crippen molar-refractivity contribution in [2.24, 2.45) is 0 Å². The third-order valence-electron chi connectivity index (χ3n) is 3.81. The Balaban J connectivity index is 1.58. The molecule has 128 valence electrons. The number of ether oxygens (including phenoxy) is 1. The molecule has 0 amide bonds. The number of anilines is 2. The van der Waals surface area contributed by atoms with Gasteiger partial charge < -0.3 is 15.0 Å². The van der Waals surface area contributed by atoms with E-state index in [0.29, 0.717) is 18.1 Å². The van der Waals surface area contributed by atoms with Crippen LogP contribution in [0.15, 0.2) is 30.7 Å². The van der Waals surface area contributed by atoms with Gasteiger partial charge in [-0.25, -0.2) is 9.97 Å². The fourth-order valence-corrected chi connectivity index (χ4v) is 2.61. The van der Waals surface area contributed by atoms with Crippen LogP contribution in [-0.2, 0) is 6.54 Å². The largest absolute Gasteiger partial charge is 0.433 e. The molecule has 8 heteroatoms. The van der Waals surface area contributed by atoms with E-state index < -0.39 is 6.61 Å². The normalized spacial score (nSPS) is 14.7. The maximum Gasteiger partial charge on any atom is 0.387 e. The zero-order valence-corrected chi connectivity index (χ0v) is 13.2. The van der Waals surface area contributed by atoms with Gasteiger partial charge in [0.05, 0.1) is 18.4 Å². The molecular weight excluding hydrogens is 316 g/mol. The van der Waals surface area contributed by atoms with Crippen molar-refractivity contribution in [1.29, 1.82) is 0 Å². The van der Waals surface area contributed by atoms with E-state index in [1.807, 2.05) is 6.07 Å². The van der Waals surface area contributed by atoms with Gasteiger partial charge in [-0.2, -0.15) is 8.78 Å². The van der Waals surface area contributed by atoms with Gasteiger partial charge >= 0.3 is 6.61 Å². The van der Waals surface area contributed by atoms with Crippen molar-refractivity contribution in [3.63, 3.8) is 0 Å². The lowest BCUT2D eigenvalue weighted by molar-refractivity contribution is -0.0500. The Labute approximate surface area is 138 Å². The van der Waals surface area contributed by atoms with Crippen LogP contribution in [0, 0.1) is 0 Å². The van der Waals surface area contributed by atoms with Crippen molar-refractivity contribution >= 4 is 11.6 Å². The maximum absolute atomic E-state index is 12.1. The van der Waals surface area contributed by atoms with E-state index in [-0.39, 0.29) is 5.75 Å². The van der Waals surface area contributed by atoms with E-state index >= 15 is 0 Å². The maximum atomic E-state index is 12.1. The van der Waals surface area contributed by atoms with Crippen molar-refractivity contribution in [3.8, 4) is 5.75 Å². The van der Waals surface area contributed by atoms with Gasteiger partial charge in [-0.3, -0.25) is 4.98 Å². The van der Waals surface area contributed by atoms with Crippen LogP contribution in [0.3, 0.4) is 0 Å². The molecule has 6 nitrogen and oxygen atoms in total. The van der Waals surface area contributed by atoms with E-state index in [1.165, 1.54) is 31.5 Å². The van der Waals surface area contributed by atoms with Crippen molar-refractivity contribution in [3.05, 3.63) is 36.4 Å². The van der Waals surface area contributed by atoms with Crippen LogP contribution in [0.1, 0.15) is 25.0 Å². The summed E-state index contributed by atoms with van der Waals surface area (Å²) in [7, 11) is 0. The molecule has 1 aliphatic rings. The summed E-state index contributed by atoms with van der Waals surface area (Å²) >= 11 is 0. The van der Waals surface area contributed by atoms with E-state index in [1.54, 1.807) is 12.4 Å². The molecule has 0 bridgehead atoms. The molecule has 1 N–H and O–H groups in total. The zero-order chi connectivity index (χ0) is 16.8. The third-order valence-corrected chi connectivity index (χ3v) is 3.81. The summed E-state index contributed by atoms with van der Waals surface area (Å²) in [6.07, 6.45) is 6.46. The SMILES string of the molecule is FC(F)Oc1ccc(CNc2cc(N3CCCCC3)ncn2)nc1. The summed E-state index contributed by atoms with van der Waals surface area (Å²) in [6.45, 7) is -0.372. The molecule has 2 aromatic heterocycles. The van der Waals surface area contributed by atoms with Crippen LogP contribution in [0.5, 0.6) is 5.75 Å². The Kier molecular flexibility index (Phi) is 5.35. The van der Waals surface area contributed by atoms with E-state index in [2.05, 4.69) is 29.9 Å². The minimum Gasteiger partial charge on any atom is -0.433 e. The number of alkyl halides is 2. The first-order chi connectivity index (χ1) is 11.7. The van der Waals surface area contributed by atoms with Crippen LogP contribution < -0.4 is 15.0 Å². The fourth-order valence-electron chi connectivity index (χ4n) is 2.61. The van der Waals surface area contributed by atoms with Crippen molar-refractivity contribution in [2.75, 3.05) is 23.3 Å². The van der Waals surface area contributed by atoms with Crippen molar-refractivity contribution in [1.82, 2.24) is 15.0 Å². The lowest BCUT2D eigenvalue weighted by Crippen LogP contribution is -2.30. The molecule has 2 aromatic rings. The van der Waals surface area contributed by atoms with Gasteiger partial charge in [0.1, 0.15) is 23.7 Å². The topological polar surface area (TPSA) is 63.2 Å². The van der Waals surface area contributed by atoms with Gasteiger partial charge in [-0.1, -0.05) is 0 Å². The van der Waals surface area contributed by atoms with E-state index in [4.69, 9.17) is 0 Å². The van der Waals surface area contributed by atoms with Gasteiger partial charge in [0.2, 0.25) is 0 Å². The second-order valence-electron chi connectivity index (χ2n) is 5.53. The minimum absolute atomic E-state index is 0.0446. The molecule has 0 unspecified atom stereocenters. The Hall–Kier alpha value is -2.51. The van der Waals surface area contributed by atoms with E-state index in [9.17, 15) is 8.78 Å². The predicted molar refractivity (Wildman–Crippen MR) is 86.3 cm³/mol. The predicted octanol–water partition coefficient (Wildman–Crippen LogP) is 3.08. The highest BCUT2D eigenvalue weighted by Crippen LogP contribution is 2.19. The minimum atomic E-state index is -2.84. The lowest BCUT2D eigenvalue weighted by Gasteiger charge is -2.27. The van der Waals surface area contributed by atoms with Crippen LogP contribution in [0.2, 0.25) is 0 Å². The molecule has 3 rings (SSSR count). The molecule has 3 heterocycles. The summed E-state index contributed by atoms with van der Waals surface area (Å²) in [5.41, 5.74) is 0.703. The average Bonchev–Trinajstić information content (AvgIpc) is 2.62. The summed E-state index contributed by atoms with van der Waals surface area (Å²) in [4.78, 5) is 14.9. The molecule has 1 aliphatic heterocycles. The summed E-state index contributed by atoms with van der Waals surface area (Å²) in [5.74, 6) is 1.67. The van der Waals surface area contributed by atoms with Crippen molar-refractivity contribution < 1.29 is 13.5 Å². The third kappa shape index (κ3) is 4.50. The highest BCUT2D eigenvalue weighted by molar-refractivity contribution is 5.48. The lowest BCUT2D eigenvalue weighted by atomic mass is 10.1. The van der Waals surface area contributed by atoms with Crippen LogP contribution >= 0.6 is 0 Å². The van der Waals surface area contributed by atoms with Gasteiger partial charge in [0, 0.05) is 19.2 Å². The molecule has 0 aliphatic carbocycles. The van der Waals surface area contributed by atoms with Crippen molar-refractivity contribution in [2.45, 2.75) is 32.4 Å². The Bertz CT molecular complexity index is 647. The standard InChI is InChI=1S/C16H19F2N5O/c17-16(18)24-13-5-4-12(19-10-13)9-20-14-8-15(22-11-21-14)23-6-2-1-3-7-23/h4-5,8,10-11,16H,1-3,6-7,9H2,(H,20,21,22).